The van der Waals surface area contributed by atoms with Crippen LogP contribution in [0.15, 0.2) is 54.6 Å². The zero-order chi connectivity index (χ0) is 20.5. The predicted molar refractivity (Wildman–Crippen MR) is 107 cm³/mol. The van der Waals surface area contributed by atoms with Gasteiger partial charge < -0.3 is 31.3 Å². The standard InChI is InChI=1S/C19H27BN4O4/c1-13(2)10-17(20(27)28)24-18(25)15(11-14-6-4-3-5-7-14)23-19(26)16-12-21-8-9-22-16/h3-9,12-13,15,17,21-22,27-28H,10-11H2,1-2H3,(H,23,26)(H,24,25). The van der Waals surface area contributed by atoms with Crippen LogP contribution in [0.2, 0.25) is 0 Å². The molecule has 1 aliphatic rings. The van der Waals surface area contributed by atoms with Gasteiger partial charge in [-0.3, -0.25) is 9.59 Å². The molecule has 2 rings (SSSR count). The van der Waals surface area contributed by atoms with Crippen LogP contribution in [-0.4, -0.2) is 41.0 Å². The Kier molecular flexibility index (Phi) is 8.10. The van der Waals surface area contributed by atoms with Gasteiger partial charge in [0, 0.05) is 25.0 Å². The van der Waals surface area contributed by atoms with E-state index in [1.165, 1.54) is 6.20 Å². The lowest BCUT2D eigenvalue weighted by Gasteiger charge is -2.25. The van der Waals surface area contributed by atoms with E-state index in [-0.39, 0.29) is 18.0 Å². The third kappa shape index (κ3) is 6.75. The molecule has 1 aromatic carbocycles. The Morgan fingerprint density at radius 1 is 1.11 bits per heavy atom. The molecule has 6 N–H and O–H groups in total. The van der Waals surface area contributed by atoms with Crippen LogP contribution < -0.4 is 21.3 Å². The number of hydrogen-bond donors (Lipinski definition) is 6. The first kappa shape index (κ1) is 21.5. The number of benzene rings is 1. The smallest absolute Gasteiger partial charge is 0.426 e. The second kappa shape index (κ2) is 10.5. The number of hydrogen-bond acceptors (Lipinski definition) is 6. The molecule has 0 bridgehead atoms. The first-order chi connectivity index (χ1) is 13.4. The van der Waals surface area contributed by atoms with Gasteiger partial charge in [-0.2, -0.15) is 0 Å². The molecule has 0 aliphatic carbocycles. The largest absolute Gasteiger partial charge is 0.475 e. The number of carbonyl (C=O) groups is 2. The fourth-order valence-corrected chi connectivity index (χ4v) is 2.83. The lowest BCUT2D eigenvalue weighted by atomic mass is 9.75. The lowest BCUT2D eigenvalue weighted by Crippen LogP contribution is -2.55. The van der Waals surface area contributed by atoms with E-state index < -0.39 is 30.9 Å². The number of nitrogens with one attached hydrogen (secondary N) is 4. The molecule has 9 heteroatoms. The molecule has 150 valence electrons. The maximum Gasteiger partial charge on any atom is 0.475 e. The molecule has 0 radical (unpaired) electrons. The van der Waals surface area contributed by atoms with Gasteiger partial charge in [0.15, 0.2) is 0 Å². The number of amides is 2. The van der Waals surface area contributed by atoms with Crippen molar-refractivity contribution in [1.29, 1.82) is 0 Å². The molecule has 0 saturated carbocycles. The third-order valence-corrected chi connectivity index (χ3v) is 4.21. The van der Waals surface area contributed by atoms with E-state index in [0.29, 0.717) is 6.42 Å². The van der Waals surface area contributed by atoms with Crippen LogP contribution in [0.25, 0.3) is 0 Å². The van der Waals surface area contributed by atoms with Crippen LogP contribution >= 0.6 is 0 Å². The topological polar surface area (TPSA) is 123 Å². The fraction of sp³-hybridized carbons (Fsp3) is 0.368. The highest BCUT2D eigenvalue weighted by Gasteiger charge is 2.30. The van der Waals surface area contributed by atoms with Gasteiger partial charge in [-0.05, 0) is 17.9 Å². The fourth-order valence-electron chi connectivity index (χ4n) is 2.83. The van der Waals surface area contributed by atoms with Crippen molar-refractivity contribution in [2.24, 2.45) is 5.92 Å². The van der Waals surface area contributed by atoms with Crippen molar-refractivity contribution in [3.8, 4) is 0 Å². The molecule has 1 heterocycles. The summed E-state index contributed by atoms with van der Waals surface area (Å²) in [5, 5.41) is 30.1. The minimum absolute atomic E-state index is 0.156. The van der Waals surface area contributed by atoms with Crippen molar-refractivity contribution < 1.29 is 19.6 Å². The van der Waals surface area contributed by atoms with E-state index in [2.05, 4.69) is 21.3 Å². The summed E-state index contributed by atoms with van der Waals surface area (Å²) in [5.74, 6) is -1.59. The van der Waals surface area contributed by atoms with Crippen molar-refractivity contribution in [2.75, 3.05) is 0 Å². The first-order valence-electron chi connectivity index (χ1n) is 9.26. The van der Waals surface area contributed by atoms with Gasteiger partial charge in [-0.25, -0.2) is 0 Å². The normalized spacial score (nSPS) is 15.0. The summed E-state index contributed by atoms with van der Waals surface area (Å²) >= 11 is 0. The Morgan fingerprint density at radius 2 is 1.82 bits per heavy atom. The van der Waals surface area contributed by atoms with Crippen LogP contribution in [0, 0.1) is 5.92 Å². The van der Waals surface area contributed by atoms with Gasteiger partial charge in [0.25, 0.3) is 5.91 Å². The molecule has 2 amide bonds. The van der Waals surface area contributed by atoms with E-state index in [1.54, 1.807) is 12.4 Å². The Balaban J connectivity index is 2.12. The molecule has 1 aromatic rings. The van der Waals surface area contributed by atoms with E-state index in [1.807, 2.05) is 44.2 Å². The summed E-state index contributed by atoms with van der Waals surface area (Å²) in [4.78, 5) is 25.4. The summed E-state index contributed by atoms with van der Waals surface area (Å²) in [5.41, 5.74) is 1.14. The summed E-state index contributed by atoms with van der Waals surface area (Å²) in [6.07, 6.45) is 5.36. The zero-order valence-corrected chi connectivity index (χ0v) is 16.1. The monoisotopic (exact) mass is 386 g/mol. The molecule has 1 aliphatic heterocycles. The van der Waals surface area contributed by atoms with Crippen molar-refractivity contribution in [2.45, 2.75) is 38.7 Å². The second-order valence-corrected chi connectivity index (χ2v) is 7.08. The average molecular weight is 386 g/mol. The lowest BCUT2D eigenvalue weighted by molar-refractivity contribution is -0.127. The predicted octanol–water partition coefficient (Wildman–Crippen LogP) is -0.238. The average Bonchev–Trinajstić information content (AvgIpc) is 2.68. The van der Waals surface area contributed by atoms with Gasteiger partial charge in [0.05, 0.1) is 5.94 Å². The van der Waals surface area contributed by atoms with Gasteiger partial charge in [-0.15, -0.1) is 0 Å². The summed E-state index contributed by atoms with van der Waals surface area (Å²) < 4.78 is 0. The molecule has 0 saturated heterocycles. The van der Waals surface area contributed by atoms with Crippen molar-refractivity contribution in [3.63, 3.8) is 0 Å². The van der Waals surface area contributed by atoms with Crippen LogP contribution in [0.3, 0.4) is 0 Å². The molecule has 2 unspecified atom stereocenters. The van der Waals surface area contributed by atoms with Crippen LogP contribution in [0.5, 0.6) is 0 Å². The van der Waals surface area contributed by atoms with Crippen molar-refractivity contribution >= 4 is 18.9 Å². The van der Waals surface area contributed by atoms with Crippen LogP contribution in [0.4, 0.5) is 0 Å². The molecule has 2 atom stereocenters. The van der Waals surface area contributed by atoms with E-state index in [0.717, 1.165) is 5.56 Å². The maximum absolute atomic E-state index is 12.8. The minimum Gasteiger partial charge on any atom is -0.426 e. The molecular weight excluding hydrogens is 359 g/mol. The molecule has 28 heavy (non-hydrogen) atoms. The molecule has 0 aromatic heterocycles. The zero-order valence-electron chi connectivity index (χ0n) is 16.1. The number of rotatable bonds is 9. The highest BCUT2D eigenvalue weighted by atomic mass is 16.4. The van der Waals surface area contributed by atoms with Crippen molar-refractivity contribution in [1.82, 2.24) is 21.3 Å². The molecular formula is C19H27BN4O4. The highest BCUT2D eigenvalue weighted by Crippen LogP contribution is 2.09. The molecule has 0 spiro atoms. The summed E-state index contributed by atoms with van der Waals surface area (Å²) in [6, 6.07) is 8.42. The number of carbonyl (C=O) groups excluding carboxylic acids is 2. The van der Waals surface area contributed by atoms with Gasteiger partial charge in [0.1, 0.15) is 11.7 Å². The molecule has 8 nitrogen and oxygen atoms in total. The SMILES string of the molecule is CC(C)CC(NC(=O)C(Cc1ccccc1)NC(=O)C1=CNC=CN1)B(O)O. The Hall–Kier alpha value is -2.78. The van der Waals surface area contributed by atoms with Crippen LogP contribution in [-0.2, 0) is 16.0 Å². The van der Waals surface area contributed by atoms with Crippen LogP contribution in [0.1, 0.15) is 25.8 Å². The molecule has 0 fully saturated rings. The Bertz CT molecular complexity index is 722. The quantitative estimate of drug-likeness (QED) is 0.326. The summed E-state index contributed by atoms with van der Waals surface area (Å²) in [7, 11) is -1.68. The Labute approximate surface area is 165 Å². The maximum atomic E-state index is 12.8. The van der Waals surface area contributed by atoms with Gasteiger partial charge in [-0.1, -0.05) is 44.2 Å². The van der Waals surface area contributed by atoms with Gasteiger partial charge in [0.2, 0.25) is 5.91 Å². The minimum atomic E-state index is -1.68. The summed E-state index contributed by atoms with van der Waals surface area (Å²) in [6.45, 7) is 3.85. The van der Waals surface area contributed by atoms with E-state index in [9.17, 15) is 19.6 Å². The van der Waals surface area contributed by atoms with Crippen molar-refractivity contribution in [3.05, 3.63) is 60.2 Å². The van der Waals surface area contributed by atoms with Gasteiger partial charge >= 0.3 is 7.12 Å². The second-order valence-electron chi connectivity index (χ2n) is 7.08. The van der Waals surface area contributed by atoms with E-state index >= 15 is 0 Å². The highest BCUT2D eigenvalue weighted by molar-refractivity contribution is 6.43. The first-order valence-corrected chi connectivity index (χ1v) is 9.26. The third-order valence-electron chi connectivity index (χ3n) is 4.21. The Morgan fingerprint density at radius 3 is 2.39 bits per heavy atom. The van der Waals surface area contributed by atoms with E-state index in [4.69, 9.17) is 0 Å².